The summed E-state index contributed by atoms with van der Waals surface area (Å²) in [6.07, 6.45) is -0.429. The molecule has 20 heavy (non-hydrogen) atoms. The number of aliphatic hydroxyl groups is 1. The number of aliphatic hydroxyl groups excluding tert-OH is 1. The van der Waals surface area contributed by atoms with Crippen molar-refractivity contribution in [2.45, 2.75) is 13.0 Å². The van der Waals surface area contributed by atoms with E-state index in [0.29, 0.717) is 29.5 Å². The fourth-order valence-electron chi connectivity index (χ4n) is 2.26. The Hall–Kier alpha value is -1.85. The summed E-state index contributed by atoms with van der Waals surface area (Å²) in [6, 6.07) is 9.42. The van der Waals surface area contributed by atoms with Crippen molar-refractivity contribution in [1.29, 1.82) is 0 Å². The Balaban J connectivity index is 1.97. The maximum absolute atomic E-state index is 12.3. The van der Waals surface area contributed by atoms with Gasteiger partial charge in [0.1, 0.15) is 5.15 Å². The first kappa shape index (κ1) is 13.1. The van der Waals surface area contributed by atoms with Gasteiger partial charge in [-0.3, -0.25) is 4.79 Å². The van der Waals surface area contributed by atoms with Crippen LogP contribution < -0.4 is 0 Å². The van der Waals surface area contributed by atoms with Crippen molar-refractivity contribution in [3.63, 3.8) is 0 Å². The quantitative estimate of drug-likeness (QED) is 0.915. The highest BCUT2D eigenvalue weighted by Gasteiger charge is 2.33. The third-order valence-corrected chi connectivity index (χ3v) is 3.72. The van der Waals surface area contributed by atoms with E-state index in [1.807, 2.05) is 30.3 Å². The van der Waals surface area contributed by atoms with Gasteiger partial charge in [0.2, 0.25) is 0 Å². The number of halogens is 1. The summed E-state index contributed by atoms with van der Waals surface area (Å²) in [7, 11) is 0. The van der Waals surface area contributed by atoms with Crippen LogP contribution in [0.5, 0.6) is 0 Å². The van der Waals surface area contributed by atoms with Crippen LogP contribution in [0.15, 0.2) is 30.3 Å². The predicted octanol–water partition coefficient (Wildman–Crippen LogP) is 1.65. The molecule has 5 nitrogen and oxygen atoms in total. The van der Waals surface area contributed by atoms with Crippen LogP contribution in [0.4, 0.5) is 0 Å². The molecule has 0 aliphatic carbocycles. The minimum atomic E-state index is -0.429. The van der Waals surface area contributed by atoms with Gasteiger partial charge >= 0.3 is 0 Å². The largest absolute Gasteiger partial charge is 0.389 e. The van der Waals surface area contributed by atoms with Crippen molar-refractivity contribution in [2.24, 2.45) is 0 Å². The zero-order chi connectivity index (χ0) is 14.3. The fourth-order valence-corrected chi connectivity index (χ4v) is 2.61. The second kappa shape index (κ2) is 4.92. The molecule has 0 unspecified atom stereocenters. The molecule has 6 heteroatoms. The van der Waals surface area contributed by atoms with Crippen LogP contribution in [0.1, 0.15) is 16.1 Å². The molecule has 1 fully saturated rings. The van der Waals surface area contributed by atoms with Gasteiger partial charge in [-0.15, -0.1) is 0 Å². The van der Waals surface area contributed by atoms with Gasteiger partial charge in [-0.25, -0.2) is 4.68 Å². The number of carbonyl (C=O) groups excluding carboxylic acids is 1. The normalized spacial score (nSPS) is 15.2. The summed E-state index contributed by atoms with van der Waals surface area (Å²) in [5.74, 6) is -0.181. The minimum Gasteiger partial charge on any atom is -0.389 e. The van der Waals surface area contributed by atoms with Crippen molar-refractivity contribution in [1.82, 2.24) is 14.7 Å². The lowest BCUT2D eigenvalue weighted by atomic mass is 10.1. The van der Waals surface area contributed by atoms with Gasteiger partial charge in [0.05, 0.1) is 23.0 Å². The second-order valence-electron chi connectivity index (χ2n) is 4.86. The molecule has 1 N–H and O–H groups in total. The van der Waals surface area contributed by atoms with Gasteiger partial charge in [0.25, 0.3) is 5.91 Å². The molecule has 1 amide bonds. The maximum atomic E-state index is 12.3. The van der Waals surface area contributed by atoms with E-state index in [-0.39, 0.29) is 5.91 Å². The van der Waals surface area contributed by atoms with Gasteiger partial charge < -0.3 is 10.0 Å². The van der Waals surface area contributed by atoms with Crippen LogP contribution >= 0.6 is 11.6 Å². The van der Waals surface area contributed by atoms with E-state index in [1.165, 1.54) is 0 Å². The second-order valence-corrected chi connectivity index (χ2v) is 5.22. The number of rotatable bonds is 2. The van der Waals surface area contributed by atoms with Crippen LogP contribution in [-0.4, -0.2) is 44.9 Å². The number of hydrogen-bond acceptors (Lipinski definition) is 3. The number of benzene rings is 1. The lowest BCUT2D eigenvalue weighted by Gasteiger charge is -2.35. The number of nitrogens with zero attached hydrogens (tertiary/aromatic N) is 3. The molecule has 2 aromatic rings. The Labute approximate surface area is 121 Å². The number of β-amino-alcohol motifs (C(OH)–C–C–N with tert-alkyl or cyclic N) is 1. The highest BCUT2D eigenvalue weighted by atomic mass is 35.5. The number of aryl methyl sites for hydroxylation is 1. The Bertz CT molecular complexity index is 648. The van der Waals surface area contributed by atoms with Gasteiger partial charge in [-0.2, -0.15) is 5.10 Å². The monoisotopic (exact) mass is 291 g/mol. The highest BCUT2D eigenvalue weighted by molar-refractivity contribution is 6.33. The summed E-state index contributed by atoms with van der Waals surface area (Å²) in [5.41, 5.74) is 1.80. The van der Waals surface area contributed by atoms with E-state index in [0.717, 1.165) is 5.69 Å². The number of para-hydroxylation sites is 1. The third kappa shape index (κ3) is 2.09. The molecule has 1 aliphatic rings. The maximum Gasteiger partial charge on any atom is 0.259 e. The van der Waals surface area contributed by atoms with Gasteiger partial charge in [-0.1, -0.05) is 29.8 Å². The first-order valence-electron chi connectivity index (χ1n) is 6.36. The molecule has 1 saturated heterocycles. The smallest absolute Gasteiger partial charge is 0.259 e. The number of likely N-dealkylation sites (tertiary alicyclic amines) is 1. The average Bonchev–Trinajstić information content (AvgIpc) is 2.71. The molecule has 0 bridgehead atoms. The van der Waals surface area contributed by atoms with Crippen LogP contribution in [0.25, 0.3) is 5.69 Å². The molecule has 0 saturated carbocycles. The molecule has 104 valence electrons. The molecule has 3 rings (SSSR count). The van der Waals surface area contributed by atoms with Crippen LogP contribution in [0.2, 0.25) is 5.15 Å². The molecule has 1 aliphatic heterocycles. The first-order valence-corrected chi connectivity index (χ1v) is 6.73. The molecular weight excluding hydrogens is 278 g/mol. The van der Waals surface area contributed by atoms with E-state index in [1.54, 1.807) is 16.5 Å². The first-order chi connectivity index (χ1) is 9.58. The summed E-state index contributed by atoms with van der Waals surface area (Å²) >= 11 is 6.31. The van der Waals surface area contributed by atoms with E-state index in [4.69, 9.17) is 11.6 Å². The van der Waals surface area contributed by atoms with Crippen molar-refractivity contribution in [3.05, 3.63) is 46.7 Å². The fraction of sp³-hybridized carbons (Fsp3) is 0.286. The SMILES string of the molecule is Cc1nn(-c2ccccc2)c(Cl)c1C(=O)N1CC(O)C1. The topological polar surface area (TPSA) is 58.4 Å². The Morgan fingerprint density at radius 3 is 2.60 bits per heavy atom. The molecule has 0 atom stereocenters. The average molecular weight is 292 g/mol. The zero-order valence-electron chi connectivity index (χ0n) is 11.0. The summed E-state index contributed by atoms with van der Waals surface area (Å²) in [4.78, 5) is 13.9. The Morgan fingerprint density at radius 2 is 2.00 bits per heavy atom. The standard InChI is InChI=1S/C14H14ClN3O2/c1-9-12(14(20)17-7-11(19)8-17)13(15)18(16-9)10-5-3-2-4-6-10/h2-6,11,19H,7-8H2,1H3. The van der Waals surface area contributed by atoms with Gasteiger partial charge in [0, 0.05) is 13.1 Å². The highest BCUT2D eigenvalue weighted by Crippen LogP contribution is 2.26. The zero-order valence-corrected chi connectivity index (χ0v) is 11.7. The third-order valence-electron chi connectivity index (χ3n) is 3.37. The van der Waals surface area contributed by atoms with Crippen molar-refractivity contribution in [2.75, 3.05) is 13.1 Å². The molecule has 0 radical (unpaired) electrons. The lowest BCUT2D eigenvalue weighted by Crippen LogP contribution is -2.53. The predicted molar refractivity (Wildman–Crippen MR) is 75.2 cm³/mol. The molecule has 1 aromatic heterocycles. The Morgan fingerprint density at radius 1 is 1.35 bits per heavy atom. The lowest BCUT2D eigenvalue weighted by molar-refractivity contribution is 0.00585. The van der Waals surface area contributed by atoms with Crippen LogP contribution in [0.3, 0.4) is 0 Å². The van der Waals surface area contributed by atoms with E-state index >= 15 is 0 Å². The van der Waals surface area contributed by atoms with Gasteiger partial charge in [0.15, 0.2) is 0 Å². The molecule has 1 aromatic carbocycles. The van der Waals surface area contributed by atoms with Crippen LogP contribution in [-0.2, 0) is 0 Å². The number of amides is 1. The number of hydrogen-bond donors (Lipinski definition) is 1. The van der Waals surface area contributed by atoms with E-state index < -0.39 is 6.10 Å². The van der Waals surface area contributed by atoms with Crippen molar-refractivity contribution in [3.8, 4) is 5.69 Å². The summed E-state index contributed by atoms with van der Waals surface area (Å²) < 4.78 is 1.56. The van der Waals surface area contributed by atoms with Gasteiger partial charge in [-0.05, 0) is 19.1 Å². The summed E-state index contributed by atoms with van der Waals surface area (Å²) in [5, 5.41) is 13.9. The van der Waals surface area contributed by atoms with Crippen molar-refractivity contribution >= 4 is 17.5 Å². The van der Waals surface area contributed by atoms with E-state index in [2.05, 4.69) is 5.10 Å². The molecular formula is C14H14ClN3O2. The summed E-state index contributed by atoms with van der Waals surface area (Å²) in [6.45, 7) is 2.46. The van der Waals surface area contributed by atoms with Crippen molar-refractivity contribution < 1.29 is 9.90 Å². The van der Waals surface area contributed by atoms with E-state index in [9.17, 15) is 9.90 Å². The molecule has 2 heterocycles. The number of aromatic nitrogens is 2. The molecule has 0 spiro atoms. The van der Waals surface area contributed by atoms with Crippen LogP contribution in [0, 0.1) is 6.92 Å². The Kier molecular flexibility index (Phi) is 3.23. The minimum absolute atomic E-state index is 0.181. The number of carbonyl (C=O) groups is 1.